The smallest absolute Gasteiger partial charge is 0.852 e. The minimum absolute atomic E-state index is 0. The van der Waals surface area contributed by atoms with Crippen LogP contribution in [0.5, 0.6) is 0 Å². The summed E-state index contributed by atoms with van der Waals surface area (Å²) in [6.07, 6.45) is 4.80. The van der Waals surface area contributed by atoms with Crippen molar-refractivity contribution in [2.24, 2.45) is 0 Å². The molecule has 33 heteroatoms. The molecule has 3 heterocycles. The molecule has 2 aromatic carbocycles. The Morgan fingerprint density at radius 1 is 0.486 bits per heavy atom. The summed E-state index contributed by atoms with van der Waals surface area (Å²) < 4.78 is 75.0. The quantitative estimate of drug-likeness (QED) is 0.285. The van der Waals surface area contributed by atoms with Crippen LogP contribution in [0.15, 0.2) is 61.0 Å². The molecule has 14 nitrogen and oxygen atoms in total. The molecule has 3 saturated heterocycles. The Labute approximate surface area is 480 Å². The van der Waals surface area contributed by atoms with Crippen LogP contribution in [0.2, 0.25) is 118 Å². The Morgan fingerprint density at radius 2 is 0.750 bits per heavy atom. The van der Waals surface area contributed by atoms with Crippen LogP contribution in [0.4, 0.5) is 0 Å². The zero-order chi connectivity index (χ0) is 54.5. The first kappa shape index (κ1) is 70.3. The molecule has 3 aliphatic heterocycles. The van der Waals surface area contributed by atoms with Crippen molar-refractivity contribution in [2.45, 2.75) is 144 Å². The fraction of sp³-hybridized carbons (Fsp3) is 0.590. The summed E-state index contributed by atoms with van der Waals surface area (Å²) in [7, 11) is -28.6. The first-order valence-corrected chi connectivity index (χ1v) is 61.8. The molecule has 2 aliphatic carbocycles. The number of fused-ring (bicyclic) bond motifs is 2. The molecule has 5 aliphatic rings. The van der Waals surface area contributed by atoms with Crippen LogP contribution in [-0.2, 0) is 79.5 Å². The Kier molecular flexibility index (Phi) is 27.1. The van der Waals surface area contributed by atoms with Crippen molar-refractivity contribution in [3.05, 3.63) is 83.2 Å². The molecule has 406 valence electrons. The molecular formula is C39H81Cl4LiO14Si14. The van der Waals surface area contributed by atoms with Crippen molar-refractivity contribution < 1.29 is 77.5 Å². The molecule has 0 bridgehead atoms. The van der Waals surface area contributed by atoms with Gasteiger partial charge in [0.15, 0.2) is 0 Å². The maximum atomic E-state index is 12.0. The van der Waals surface area contributed by atoms with E-state index in [0.29, 0.717) is 0 Å². The van der Waals surface area contributed by atoms with E-state index < -0.39 is 119 Å². The Bertz CT molecular complexity index is 1880. The van der Waals surface area contributed by atoms with E-state index in [-0.39, 0.29) is 18.9 Å². The average Bonchev–Trinajstić information content (AvgIpc) is 3.10. The topological polar surface area (TPSA) is 143 Å². The zero-order valence-electron chi connectivity index (χ0n) is 46.4. The molecule has 2 aromatic rings. The second-order valence-corrected chi connectivity index (χ2v) is 68.7. The van der Waals surface area contributed by atoms with Crippen LogP contribution in [0, 0.1) is 0 Å². The van der Waals surface area contributed by atoms with Gasteiger partial charge in [0.1, 0.15) is 0 Å². The molecule has 0 amide bonds. The number of hydrogen-bond donors (Lipinski definition) is 0. The first-order valence-electron chi connectivity index (χ1n) is 23.8. The molecule has 0 radical (unpaired) electrons. The second kappa shape index (κ2) is 27.7. The predicted molar refractivity (Wildman–Crippen MR) is 322 cm³/mol. The van der Waals surface area contributed by atoms with Gasteiger partial charge in [0, 0.05) is 15.4 Å². The van der Waals surface area contributed by atoms with Gasteiger partial charge in [-0.05, 0) is 164 Å². The van der Waals surface area contributed by atoms with Crippen molar-refractivity contribution >= 4 is 174 Å². The molecule has 2 atom stereocenters. The van der Waals surface area contributed by atoms with Gasteiger partial charge in [-0.15, -0.1) is 63.2 Å². The summed E-state index contributed by atoms with van der Waals surface area (Å²) in [5.74, 6) is 0. The summed E-state index contributed by atoms with van der Waals surface area (Å²) in [4.78, 5) is 12.0. The van der Waals surface area contributed by atoms with Crippen molar-refractivity contribution in [1.82, 2.24) is 0 Å². The van der Waals surface area contributed by atoms with Crippen LogP contribution in [0.1, 0.15) is 22.3 Å². The minimum Gasteiger partial charge on any atom is -0.852 e. The van der Waals surface area contributed by atoms with E-state index in [0.717, 1.165) is 11.6 Å². The predicted octanol–water partition coefficient (Wildman–Crippen LogP) is 5.23. The van der Waals surface area contributed by atoms with Gasteiger partial charge in [0.05, 0.1) is 0 Å². The van der Waals surface area contributed by atoms with Gasteiger partial charge in [-0.2, -0.15) is 0 Å². The standard InChI is InChI=1S/C12H16OSi.C11H13OSi.C8H24O4Si4.C4H12Cl4O4Si4.C4H16O4Si4.Li/c1-4-14(3,13-2)12-8-7-10-5-6-11(10)9-12;1-3-13(2,12)11-7-6-9-4-5-10(9)8-11;1-13(2)9-14(3,4)11-16(7,8)12-15(5,6)10-13;1-13(5)9-14(2,6)11-16(4,8)12-15(3,7)10-13;1-9-5-10(2)7-12(4)8-11(3)6-9;/h4,7-9H,1,5-6H2,2-3H3;3,6-8H,1,4-5H2,2H3;1-8H3;1-4H3;9-12H,1-4H3;/q;-1;;;;+1. The van der Waals surface area contributed by atoms with Crippen molar-refractivity contribution in [2.75, 3.05) is 7.11 Å². The van der Waals surface area contributed by atoms with Gasteiger partial charge in [0.2, 0.25) is 8.32 Å². The molecule has 0 aromatic heterocycles. The summed E-state index contributed by atoms with van der Waals surface area (Å²) in [6, 6.07) is 12.9. The normalized spacial score (nSPS) is 33.6. The summed E-state index contributed by atoms with van der Waals surface area (Å²) in [5, 5.41) is 2.31. The summed E-state index contributed by atoms with van der Waals surface area (Å²) >= 11 is 24.5. The van der Waals surface area contributed by atoms with E-state index in [1.165, 1.54) is 46.7 Å². The van der Waals surface area contributed by atoms with Crippen LogP contribution in [-0.4, -0.2) is 127 Å². The Hall–Kier alpha value is 2.15. The fourth-order valence-corrected chi connectivity index (χ4v) is 68.8. The summed E-state index contributed by atoms with van der Waals surface area (Å²) in [6.45, 7) is 42.7. The molecule has 72 heavy (non-hydrogen) atoms. The van der Waals surface area contributed by atoms with Crippen LogP contribution in [0.3, 0.4) is 0 Å². The molecule has 0 saturated carbocycles. The third kappa shape index (κ3) is 24.1. The van der Waals surface area contributed by atoms with Gasteiger partial charge < -0.3 is 58.6 Å². The molecular weight excluding hydrogens is 1230 g/mol. The first-order chi connectivity index (χ1) is 32.1. The maximum Gasteiger partial charge on any atom is 1.00 e. The van der Waals surface area contributed by atoms with Crippen LogP contribution in [0.25, 0.3) is 0 Å². The number of aryl methyl sites for hydroxylation is 4. The van der Waals surface area contributed by atoms with Gasteiger partial charge in [-0.25, -0.2) is 0 Å². The number of hydrogen-bond acceptors (Lipinski definition) is 14. The second-order valence-electron chi connectivity index (χ2n) is 20.4. The number of rotatable bonds is 5. The average molecular weight is 1320 g/mol. The fourth-order valence-electron chi connectivity index (χ4n) is 8.49. The van der Waals surface area contributed by atoms with Gasteiger partial charge in [-0.3, -0.25) is 0 Å². The van der Waals surface area contributed by atoms with Gasteiger partial charge in [0.25, 0.3) is 37.1 Å². The maximum absolute atomic E-state index is 12.0. The molecule has 0 N–H and O–H groups in total. The van der Waals surface area contributed by atoms with E-state index in [1.807, 2.05) is 38.0 Å². The Balaban J connectivity index is 0.000000308. The zero-order valence-corrected chi connectivity index (χ0v) is 64.0. The van der Waals surface area contributed by atoms with E-state index in [9.17, 15) is 4.80 Å². The number of halogens is 4. The van der Waals surface area contributed by atoms with Gasteiger partial charge in [-0.1, -0.05) is 53.8 Å². The summed E-state index contributed by atoms with van der Waals surface area (Å²) in [5.41, 5.74) is 9.39. The van der Waals surface area contributed by atoms with E-state index >= 15 is 0 Å². The SMILES string of the molecule is C=C[Si](C)(OC)c1ccc2c(c1)CC2.C=C[Si](C)([O-])c1ccc2c(c1)CC2.C[SiH]1O[SiH](C)O[SiH](C)O[SiH](C)O1.C[Si]1(C)O[Si](C)(C)O[Si](C)(C)O[Si](C)(C)O1.C[Si]1(Cl)O[Si](C)(Cl)O[Si](C)(Cl)O[Si](C)(Cl)O1.[Li+]. The Morgan fingerprint density at radius 3 is 0.972 bits per heavy atom. The van der Waals surface area contributed by atoms with Crippen molar-refractivity contribution in [1.29, 1.82) is 0 Å². The minimum atomic E-state index is -2.96. The molecule has 0 spiro atoms. The van der Waals surface area contributed by atoms with Gasteiger partial charge >= 0.3 is 84.6 Å². The van der Waals surface area contributed by atoms with E-state index in [4.69, 9.17) is 98.1 Å². The van der Waals surface area contributed by atoms with Crippen LogP contribution >= 0.6 is 44.3 Å². The molecule has 7 rings (SSSR count). The van der Waals surface area contributed by atoms with E-state index in [2.05, 4.69) is 102 Å². The largest absolute Gasteiger partial charge is 1.00 e. The van der Waals surface area contributed by atoms with Crippen molar-refractivity contribution in [3.63, 3.8) is 0 Å². The van der Waals surface area contributed by atoms with Crippen molar-refractivity contribution in [3.8, 4) is 0 Å². The third-order valence-corrected chi connectivity index (χ3v) is 61.6. The van der Waals surface area contributed by atoms with E-state index in [1.54, 1.807) is 45.5 Å². The third-order valence-electron chi connectivity index (χ3n) is 11.0. The molecule has 2 unspecified atom stereocenters. The molecule has 3 fully saturated rings. The van der Waals surface area contributed by atoms with Crippen LogP contribution < -0.4 is 34.0 Å². The monoisotopic (exact) mass is 1310 g/mol. The number of benzene rings is 2.